The SMILES string of the molecule is [Co+2].[OH+]=c1[nH]cnc2[n-]ncc12.[OH+]=c1[nH]cnc2[n-]ncc12. The quantitative estimate of drug-likeness (QED) is 0.350. The van der Waals surface area contributed by atoms with Crippen molar-refractivity contribution in [1.82, 2.24) is 40.3 Å². The zero-order valence-electron chi connectivity index (χ0n) is 10.2. The van der Waals surface area contributed by atoms with Crippen LogP contribution in [0.1, 0.15) is 0 Å². The Labute approximate surface area is 125 Å². The van der Waals surface area contributed by atoms with Crippen molar-refractivity contribution in [2.75, 3.05) is 0 Å². The minimum absolute atomic E-state index is 0. The number of hydrogen-bond acceptors (Lipinski definition) is 4. The van der Waals surface area contributed by atoms with E-state index in [9.17, 15) is 0 Å². The molecule has 0 aliphatic carbocycles. The maximum absolute atomic E-state index is 9.08. The Kier molecular flexibility index (Phi) is 4.25. The molecule has 0 bridgehead atoms. The summed E-state index contributed by atoms with van der Waals surface area (Å²) in [6, 6.07) is 0. The van der Waals surface area contributed by atoms with E-state index >= 15 is 0 Å². The predicted octanol–water partition coefficient (Wildman–Crippen LogP) is -2.16. The second-order valence-electron chi connectivity index (χ2n) is 3.67. The Bertz CT molecular complexity index is 888. The number of nitrogens with one attached hydrogen (secondary N) is 2. The first-order valence-corrected chi connectivity index (χ1v) is 5.43. The van der Waals surface area contributed by atoms with Gasteiger partial charge in [0.25, 0.3) is 0 Å². The van der Waals surface area contributed by atoms with E-state index in [4.69, 9.17) is 9.59 Å². The van der Waals surface area contributed by atoms with Crippen molar-refractivity contribution in [3.63, 3.8) is 0 Å². The molecule has 21 heavy (non-hydrogen) atoms. The van der Waals surface area contributed by atoms with Crippen LogP contribution >= 0.6 is 0 Å². The van der Waals surface area contributed by atoms with E-state index in [1.54, 1.807) is 0 Å². The Balaban J connectivity index is 0.000000147. The van der Waals surface area contributed by atoms with Gasteiger partial charge in [-0.05, 0) is 23.9 Å². The molecule has 0 fully saturated rings. The second-order valence-corrected chi connectivity index (χ2v) is 3.67. The third kappa shape index (κ3) is 2.87. The second kappa shape index (κ2) is 6.11. The van der Waals surface area contributed by atoms with Gasteiger partial charge in [-0.25, -0.2) is 0 Å². The molecule has 0 unspecified atom stereocenters. The molecule has 10 nitrogen and oxygen atoms in total. The molecule has 4 aromatic rings. The molecule has 0 saturated carbocycles. The molecule has 0 saturated heterocycles. The Morgan fingerprint density at radius 1 is 0.810 bits per heavy atom. The zero-order chi connectivity index (χ0) is 13.9. The summed E-state index contributed by atoms with van der Waals surface area (Å²) in [5.74, 6) is 0. The number of aromatic nitrogens is 8. The molecular weight excluding hydrogens is 323 g/mol. The van der Waals surface area contributed by atoms with Gasteiger partial charge >= 0.3 is 27.9 Å². The third-order valence-electron chi connectivity index (χ3n) is 2.45. The van der Waals surface area contributed by atoms with Gasteiger partial charge in [0.05, 0.1) is 0 Å². The van der Waals surface area contributed by atoms with Crippen LogP contribution in [0, 0.1) is 0 Å². The number of H-pyrrole nitrogens is 2. The van der Waals surface area contributed by atoms with Crippen LogP contribution in [-0.4, -0.2) is 39.7 Å². The predicted molar refractivity (Wildman–Crippen MR) is 64.6 cm³/mol. The number of hydrogen-bond donors (Lipinski definition) is 2. The van der Waals surface area contributed by atoms with Gasteiger partial charge in [0.2, 0.25) is 0 Å². The number of rotatable bonds is 0. The first kappa shape index (κ1) is 14.6. The van der Waals surface area contributed by atoms with Crippen molar-refractivity contribution in [3.05, 3.63) is 36.2 Å². The number of nitrogens with zero attached hydrogens (tertiary/aromatic N) is 6. The fraction of sp³-hybridized carbons (Fsp3) is 0. The van der Waals surface area contributed by atoms with E-state index in [0.29, 0.717) is 22.1 Å². The molecule has 11 heteroatoms. The molecule has 4 heterocycles. The molecule has 107 valence electrons. The van der Waals surface area contributed by atoms with Crippen LogP contribution in [0.4, 0.5) is 0 Å². The molecule has 4 N–H and O–H groups in total. The van der Waals surface area contributed by atoms with E-state index in [0.717, 1.165) is 0 Å². The van der Waals surface area contributed by atoms with Crippen molar-refractivity contribution in [2.45, 2.75) is 0 Å². The van der Waals surface area contributed by atoms with Crippen molar-refractivity contribution in [3.8, 4) is 0 Å². The van der Waals surface area contributed by atoms with Crippen molar-refractivity contribution in [1.29, 1.82) is 0 Å². The summed E-state index contributed by atoms with van der Waals surface area (Å²) in [5.41, 5.74) is 1.01. The Morgan fingerprint density at radius 3 is 1.62 bits per heavy atom. The summed E-state index contributed by atoms with van der Waals surface area (Å²) in [4.78, 5) is 30.8. The summed E-state index contributed by atoms with van der Waals surface area (Å²) >= 11 is 0. The first-order chi connectivity index (χ1) is 9.75. The topological polar surface area (TPSA) is 154 Å². The van der Waals surface area contributed by atoms with Gasteiger partial charge in [0.15, 0.2) is 0 Å². The maximum atomic E-state index is 9.08. The van der Waals surface area contributed by atoms with Gasteiger partial charge in [-0.3, -0.25) is 29.8 Å². The monoisotopic (exact) mass is 331 g/mol. The van der Waals surface area contributed by atoms with Gasteiger partial charge in [-0.15, -0.1) is 0 Å². The van der Waals surface area contributed by atoms with Gasteiger partial charge in [-0.1, -0.05) is 0 Å². The fourth-order valence-corrected chi connectivity index (χ4v) is 1.50. The summed E-state index contributed by atoms with van der Waals surface area (Å²) in [6.07, 6.45) is 5.64. The number of fused-ring (bicyclic) bond motifs is 2. The van der Waals surface area contributed by atoms with Crippen molar-refractivity contribution < 1.29 is 26.4 Å². The molecule has 4 aromatic heterocycles. The fourth-order valence-electron chi connectivity index (χ4n) is 1.50. The summed E-state index contributed by atoms with van der Waals surface area (Å²) in [5, 5.41) is 15.5. The van der Waals surface area contributed by atoms with Crippen molar-refractivity contribution >= 4 is 22.1 Å². The molecule has 1 radical (unpaired) electrons. The van der Waals surface area contributed by atoms with Gasteiger partial charge < -0.3 is 20.2 Å². The van der Waals surface area contributed by atoms with Crippen molar-refractivity contribution in [2.24, 2.45) is 0 Å². The molecule has 0 atom stereocenters. The van der Waals surface area contributed by atoms with Crippen LogP contribution in [0.3, 0.4) is 0 Å². The largest absolute Gasteiger partial charge is 2.00 e. The standard InChI is InChI=1S/2C5H4N4O.Co/c2*10-5-3-1-8-9-4(3)6-2-7-5;/h2*1-2H,(H2,6,7,8,9,10);/q;;+2. The van der Waals surface area contributed by atoms with Crippen LogP contribution < -0.4 is 21.3 Å². The van der Waals surface area contributed by atoms with E-state index in [-0.39, 0.29) is 27.9 Å². The molecule has 0 aromatic carbocycles. The summed E-state index contributed by atoms with van der Waals surface area (Å²) < 4.78 is 0. The van der Waals surface area contributed by atoms with E-state index in [2.05, 4.69) is 40.3 Å². The Hall–Kier alpha value is -2.79. The van der Waals surface area contributed by atoms with Crippen LogP contribution in [0.5, 0.6) is 0 Å². The summed E-state index contributed by atoms with van der Waals surface area (Å²) in [6.45, 7) is 0. The Morgan fingerprint density at radius 2 is 1.24 bits per heavy atom. The van der Waals surface area contributed by atoms with Gasteiger partial charge in [0, 0.05) is 12.4 Å². The normalized spacial score (nSPS) is 9.90. The number of aromatic amines is 2. The van der Waals surface area contributed by atoms with Gasteiger partial charge in [-0.2, -0.15) is 0 Å². The van der Waals surface area contributed by atoms with Gasteiger partial charge in [0.1, 0.15) is 10.8 Å². The molecule has 0 aliphatic rings. The average molecular weight is 331 g/mol. The van der Waals surface area contributed by atoms with Crippen LogP contribution in [-0.2, 0) is 16.8 Å². The third-order valence-corrected chi connectivity index (χ3v) is 2.45. The average Bonchev–Trinajstić information content (AvgIpc) is 3.08. The van der Waals surface area contributed by atoms with E-state index in [1.807, 2.05) is 0 Å². The molecule has 0 amide bonds. The minimum Gasteiger partial charge on any atom is -0.426 e. The molecule has 0 aliphatic heterocycles. The molecular formula is C10H8CoN8O2+2. The zero-order valence-corrected chi connectivity index (χ0v) is 11.3. The van der Waals surface area contributed by atoms with Crippen LogP contribution in [0.15, 0.2) is 25.0 Å². The van der Waals surface area contributed by atoms with E-state index in [1.165, 1.54) is 25.0 Å². The first-order valence-electron chi connectivity index (χ1n) is 5.43. The smallest absolute Gasteiger partial charge is 0.426 e. The van der Waals surface area contributed by atoms with E-state index < -0.39 is 0 Å². The van der Waals surface area contributed by atoms with Crippen LogP contribution in [0.25, 0.3) is 22.1 Å². The maximum Gasteiger partial charge on any atom is 2.00 e. The summed E-state index contributed by atoms with van der Waals surface area (Å²) in [7, 11) is 0. The molecule has 0 spiro atoms. The van der Waals surface area contributed by atoms with Crippen LogP contribution in [0.2, 0.25) is 0 Å². The minimum atomic E-state index is 0. The molecule has 4 rings (SSSR count).